The predicted octanol–water partition coefficient (Wildman–Crippen LogP) is 2.07. The Morgan fingerprint density at radius 3 is 2.41 bits per heavy atom. The van der Waals surface area contributed by atoms with E-state index in [1.807, 2.05) is 0 Å². The van der Waals surface area contributed by atoms with E-state index in [-0.39, 0.29) is 5.91 Å². The monoisotopic (exact) mass is 238 g/mol. The topological polar surface area (TPSA) is 41.1 Å². The molecule has 0 unspecified atom stereocenters. The molecule has 2 rings (SSSR count). The second-order valence-corrected chi connectivity index (χ2v) is 5.61. The Kier molecular flexibility index (Phi) is 5.30. The van der Waals surface area contributed by atoms with Gasteiger partial charge in [0.05, 0.1) is 0 Å². The van der Waals surface area contributed by atoms with Gasteiger partial charge in [0.1, 0.15) is 0 Å². The molecule has 0 aromatic carbocycles. The third kappa shape index (κ3) is 5.07. The van der Waals surface area contributed by atoms with Crippen molar-refractivity contribution in [1.82, 2.24) is 10.6 Å². The van der Waals surface area contributed by atoms with Crippen LogP contribution in [0.15, 0.2) is 0 Å². The summed E-state index contributed by atoms with van der Waals surface area (Å²) in [5.41, 5.74) is 0. The van der Waals surface area contributed by atoms with Gasteiger partial charge in [-0.25, -0.2) is 0 Å². The summed E-state index contributed by atoms with van der Waals surface area (Å²) in [6.07, 6.45) is 10.7. The first-order valence-electron chi connectivity index (χ1n) is 7.34. The van der Waals surface area contributed by atoms with Crippen molar-refractivity contribution in [3.05, 3.63) is 0 Å². The molecule has 0 spiro atoms. The largest absolute Gasteiger partial charge is 0.355 e. The van der Waals surface area contributed by atoms with Gasteiger partial charge in [0.15, 0.2) is 0 Å². The summed E-state index contributed by atoms with van der Waals surface area (Å²) in [5.74, 6) is 1.56. The normalized spacial score (nSPS) is 21.4. The van der Waals surface area contributed by atoms with Crippen LogP contribution < -0.4 is 10.6 Å². The minimum absolute atomic E-state index is 0.263. The molecule has 0 heterocycles. The summed E-state index contributed by atoms with van der Waals surface area (Å²) in [7, 11) is 0. The van der Waals surface area contributed by atoms with Crippen molar-refractivity contribution < 1.29 is 4.79 Å². The molecule has 3 nitrogen and oxygen atoms in total. The molecule has 0 atom stereocenters. The van der Waals surface area contributed by atoms with Gasteiger partial charge >= 0.3 is 0 Å². The van der Waals surface area contributed by atoms with Crippen LogP contribution in [0.2, 0.25) is 0 Å². The lowest BCUT2D eigenvalue weighted by molar-refractivity contribution is -0.122. The summed E-state index contributed by atoms with van der Waals surface area (Å²) in [5, 5.41) is 6.41. The lowest BCUT2D eigenvalue weighted by Gasteiger charge is -2.21. The van der Waals surface area contributed by atoms with Crippen molar-refractivity contribution in [1.29, 1.82) is 0 Å². The first-order chi connectivity index (χ1) is 8.36. The van der Waals surface area contributed by atoms with E-state index < -0.39 is 0 Å². The Balaban J connectivity index is 1.39. The highest BCUT2D eigenvalue weighted by atomic mass is 16.2. The van der Waals surface area contributed by atoms with Gasteiger partial charge in [0, 0.05) is 19.0 Å². The Morgan fingerprint density at radius 2 is 1.71 bits per heavy atom. The zero-order valence-electron chi connectivity index (χ0n) is 10.8. The first-order valence-corrected chi connectivity index (χ1v) is 7.34. The Morgan fingerprint density at radius 1 is 0.941 bits per heavy atom. The zero-order chi connectivity index (χ0) is 11.9. The number of rotatable bonds is 7. The molecular weight excluding hydrogens is 212 g/mol. The fourth-order valence-electron chi connectivity index (χ4n) is 2.67. The van der Waals surface area contributed by atoms with Crippen LogP contribution in [0, 0.1) is 11.8 Å². The third-order valence-electron chi connectivity index (χ3n) is 4.00. The highest BCUT2D eigenvalue weighted by molar-refractivity contribution is 5.80. The zero-order valence-corrected chi connectivity index (χ0v) is 10.8. The van der Waals surface area contributed by atoms with Gasteiger partial charge in [-0.2, -0.15) is 0 Å². The van der Waals surface area contributed by atoms with E-state index in [1.165, 1.54) is 38.5 Å². The number of carbonyl (C=O) groups excluding carboxylic acids is 1. The fraction of sp³-hybridized carbons (Fsp3) is 0.929. The average Bonchev–Trinajstić information content (AvgIpc) is 3.19. The molecule has 0 bridgehead atoms. The Labute approximate surface area is 105 Å². The van der Waals surface area contributed by atoms with Crippen molar-refractivity contribution in [2.45, 2.75) is 51.4 Å². The summed E-state index contributed by atoms with van der Waals surface area (Å²) in [6, 6.07) is 0. The maximum absolute atomic E-state index is 11.3. The molecule has 0 aliphatic heterocycles. The number of nitrogens with one attached hydrogen (secondary N) is 2. The number of amides is 1. The average molecular weight is 238 g/mol. The van der Waals surface area contributed by atoms with E-state index in [1.54, 1.807) is 0 Å². The van der Waals surface area contributed by atoms with Crippen LogP contribution in [-0.2, 0) is 4.79 Å². The maximum atomic E-state index is 11.3. The van der Waals surface area contributed by atoms with Gasteiger partial charge in [0.2, 0.25) is 5.91 Å². The summed E-state index contributed by atoms with van der Waals surface area (Å²) in [6.45, 7) is 2.83. The predicted molar refractivity (Wildman–Crippen MR) is 69.8 cm³/mol. The van der Waals surface area contributed by atoms with Crippen LogP contribution in [0.3, 0.4) is 0 Å². The molecule has 0 aromatic heterocycles. The van der Waals surface area contributed by atoms with Crippen molar-refractivity contribution in [2.75, 3.05) is 19.6 Å². The second-order valence-electron chi connectivity index (χ2n) is 5.61. The minimum atomic E-state index is 0.263. The van der Waals surface area contributed by atoms with Crippen LogP contribution in [0.5, 0.6) is 0 Å². The fourth-order valence-corrected chi connectivity index (χ4v) is 2.67. The molecule has 17 heavy (non-hydrogen) atoms. The van der Waals surface area contributed by atoms with Gasteiger partial charge in [-0.3, -0.25) is 4.79 Å². The number of hydrogen-bond donors (Lipinski definition) is 2. The third-order valence-corrected chi connectivity index (χ3v) is 4.00. The lowest BCUT2D eigenvalue weighted by atomic mass is 9.87. The van der Waals surface area contributed by atoms with Crippen molar-refractivity contribution in [2.24, 2.45) is 11.8 Å². The molecule has 2 fully saturated rings. The Bertz CT molecular complexity index is 232. The molecule has 2 aliphatic rings. The molecule has 2 aliphatic carbocycles. The highest BCUT2D eigenvalue weighted by Crippen LogP contribution is 2.28. The smallest absolute Gasteiger partial charge is 0.223 e. The van der Waals surface area contributed by atoms with Crippen molar-refractivity contribution in [3.8, 4) is 0 Å². The number of carbonyl (C=O) groups is 1. The van der Waals surface area contributed by atoms with Crippen molar-refractivity contribution in [3.63, 3.8) is 0 Å². The molecule has 0 aromatic rings. The van der Waals surface area contributed by atoms with Crippen LogP contribution in [0.1, 0.15) is 51.4 Å². The SMILES string of the molecule is O=C(NCCNCCC1CCCCC1)C1CC1. The van der Waals surface area contributed by atoms with E-state index in [9.17, 15) is 4.79 Å². The van der Waals surface area contributed by atoms with E-state index in [0.29, 0.717) is 5.92 Å². The molecule has 0 saturated heterocycles. The minimum Gasteiger partial charge on any atom is -0.355 e. The highest BCUT2D eigenvalue weighted by Gasteiger charge is 2.28. The summed E-state index contributed by atoms with van der Waals surface area (Å²) >= 11 is 0. The molecule has 2 saturated carbocycles. The van der Waals surface area contributed by atoms with E-state index in [4.69, 9.17) is 0 Å². The van der Waals surface area contributed by atoms with Crippen LogP contribution in [0.4, 0.5) is 0 Å². The first kappa shape index (κ1) is 12.9. The molecular formula is C14H26N2O. The van der Waals surface area contributed by atoms with Crippen LogP contribution in [-0.4, -0.2) is 25.5 Å². The summed E-state index contributed by atoms with van der Waals surface area (Å²) < 4.78 is 0. The van der Waals surface area contributed by atoms with E-state index in [0.717, 1.165) is 38.4 Å². The maximum Gasteiger partial charge on any atom is 0.223 e. The second kappa shape index (κ2) is 7.00. The molecule has 2 N–H and O–H groups in total. The van der Waals surface area contributed by atoms with E-state index >= 15 is 0 Å². The Hall–Kier alpha value is -0.570. The van der Waals surface area contributed by atoms with Crippen LogP contribution >= 0.6 is 0 Å². The van der Waals surface area contributed by atoms with Gasteiger partial charge < -0.3 is 10.6 Å². The van der Waals surface area contributed by atoms with Gasteiger partial charge in [-0.1, -0.05) is 32.1 Å². The van der Waals surface area contributed by atoms with E-state index in [2.05, 4.69) is 10.6 Å². The van der Waals surface area contributed by atoms with Crippen molar-refractivity contribution >= 4 is 5.91 Å². The van der Waals surface area contributed by atoms with Gasteiger partial charge in [0.25, 0.3) is 0 Å². The standard InChI is InChI=1S/C14H26N2O/c17-14(13-6-7-13)16-11-10-15-9-8-12-4-2-1-3-5-12/h12-13,15H,1-11H2,(H,16,17). The number of hydrogen-bond acceptors (Lipinski definition) is 2. The van der Waals surface area contributed by atoms with Gasteiger partial charge in [-0.05, 0) is 31.7 Å². The molecule has 1 amide bonds. The molecule has 98 valence electrons. The lowest BCUT2D eigenvalue weighted by Crippen LogP contribution is -2.33. The quantitative estimate of drug-likeness (QED) is 0.667. The molecule has 0 radical (unpaired) electrons. The van der Waals surface area contributed by atoms with Gasteiger partial charge in [-0.15, -0.1) is 0 Å². The van der Waals surface area contributed by atoms with Crippen LogP contribution in [0.25, 0.3) is 0 Å². The molecule has 3 heteroatoms. The summed E-state index contributed by atoms with van der Waals surface area (Å²) in [4.78, 5) is 11.3.